The number of benzene rings is 2. The molecule has 0 atom stereocenters. The molecule has 3 rings (SSSR count). The number of aromatic hydroxyl groups is 1. The van der Waals surface area contributed by atoms with Gasteiger partial charge in [-0.1, -0.05) is 6.07 Å². The third kappa shape index (κ3) is 2.53. The number of phenolic OH excluding ortho intramolecular Hbond substituents is 1. The molecule has 2 aromatic carbocycles. The summed E-state index contributed by atoms with van der Waals surface area (Å²) in [5.74, 6) is 1.58. The van der Waals surface area contributed by atoms with Crippen LogP contribution in [0.3, 0.4) is 0 Å². The molecular weight excluding hydrogens is 268 g/mol. The summed E-state index contributed by atoms with van der Waals surface area (Å²) in [5, 5.41) is 11.3. The fourth-order valence-corrected chi connectivity index (χ4v) is 2.08. The maximum Gasteiger partial charge on any atom is 0.227 e. The largest absolute Gasteiger partial charge is 0.508 e. The van der Waals surface area contributed by atoms with Gasteiger partial charge in [-0.2, -0.15) is 0 Å². The van der Waals surface area contributed by atoms with Gasteiger partial charge in [0.25, 0.3) is 0 Å². The number of hydrogen-bond donors (Lipinski definition) is 2. The first-order chi connectivity index (χ1) is 10.2. The van der Waals surface area contributed by atoms with E-state index in [1.165, 1.54) is 0 Å². The number of aromatic nitrogens is 1. The highest BCUT2D eigenvalue weighted by Crippen LogP contribution is 2.35. The van der Waals surface area contributed by atoms with Crippen molar-refractivity contribution in [3.63, 3.8) is 0 Å². The molecule has 5 nitrogen and oxygen atoms in total. The first kappa shape index (κ1) is 13.1. The highest BCUT2D eigenvalue weighted by Gasteiger charge is 2.10. The van der Waals surface area contributed by atoms with Crippen LogP contribution in [0.2, 0.25) is 0 Å². The molecule has 0 aliphatic rings. The topological polar surface area (TPSA) is 77.6 Å². The summed E-state index contributed by atoms with van der Waals surface area (Å²) < 4.78 is 11.1. The zero-order valence-corrected chi connectivity index (χ0v) is 11.4. The summed E-state index contributed by atoms with van der Waals surface area (Å²) in [5.41, 5.74) is 6.31. The van der Waals surface area contributed by atoms with E-state index in [0.29, 0.717) is 23.1 Å². The number of phenols is 1. The van der Waals surface area contributed by atoms with E-state index in [-0.39, 0.29) is 5.75 Å². The smallest absolute Gasteiger partial charge is 0.227 e. The van der Waals surface area contributed by atoms with Crippen molar-refractivity contribution < 1.29 is 14.6 Å². The molecule has 0 amide bonds. The second-order valence-corrected chi connectivity index (χ2v) is 4.53. The molecule has 1 aromatic heterocycles. The van der Waals surface area contributed by atoms with Crippen molar-refractivity contribution in [1.82, 2.24) is 4.98 Å². The number of anilines is 1. The molecule has 5 heteroatoms. The normalized spacial score (nSPS) is 10.5. The molecular formula is C16H14N2O3. The third-order valence-electron chi connectivity index (χ3n) is 3.11. The molecule has 106 valence electrons. The molecule has 0 radical (unpaired) electrons. The Bertz CT molecular complexity index is 803. The van der Waals surface area contributed by atoms with Crippen LogP contribution in [0.1, 0.15) is 0 Å². The van der Waals surface area contributed by atoms with Crippen LogP contribution < -0.4 is 15.2 Å². The predicted molar refractivity (Wildman–Crippen MR) is 80.9 cm³/mol. The van der Waals surface area contributed by atoms with Gasteiger partial charge in [-0.05, 0) is 35.7 Å². The molecule has 0 spiro atoms. The average molecular weight is 282 g/mol. The molecule has 3 aromatic rings. The molecule has 0 saturated heterocycles. The van der Waals surface area contributed by atoms with Crippen molar-refractivity contribution in [2.45, 2.75) is 0 Å². The second kappa shape index (κ2) is 5.20. The van der Waals surface area contributed by atoms with Crippen molar-refractivity contribution in [3.8, 4) is 23.1 Å². The zero-order valence-electron chi connectivity index (χ0n) is 11.4. The molecule has 0 aliphatic carbocycles. The number of pyridine rings is 1. The molecule has 0 saturated carbocycles. The summed E-state index contributed by atoms with van der Waals surface area (Å²) in [6.07, 6.45) is 1.65. The van der Waals surface area contributed by atoms with Crippen molar-refractivity contribution >= 4 is 16.5 Å². The van der Waals surface area contributed by atoms with Gasteiger partial charge >= 0.3 is 0 Å². The average Bonchev–Trinajstić information content (AvgIpc) is 2.49. The van der Waals surface area contributed by atoms with Gasteiger partial charge in [0.1, 0.15) is 5.75 Å². The minimum atomic E-state index is 0.157. The Hall–Kier alpha value is -2.95. The molecule has 3 N–H and O–H groups in total. The van der Waals surface area contributed by atoms with Crippen molar-refractivity contribution in [3.05, 3.63) is 48.7 Å². The molecule has 1 heterocycles. The van der Waals surface area contributed by atoms with Gasteiger partial charge in [0.15, 0.2) is 11.5 Å². The van der Waals surface area contributed by atoms with E-state index in [9.17, 15) is 5.11 Å². The van der Waals surface area contributed by atoms with Crippen LogP contribution in [0, 0.1) is 0 Å². The first-order valence-electron chi connectivity index (χ1n) is 6.36. The maximum absolute atomic E-state index is 9.63. The monoisotopic (exact) mass is 282 g/mol. The molecule has 0 bridgehead atoms. The van der Waals surface area contributed by atoms with Crippen LogP contribution in [0.25, 0.3) is 10.8 Å². The van der Waals surface area contributed by atoms with Crippen LogP contribution in [-0.4, -0.2) is 17.2 Å². The van der Waals surface area contributed by atoms with E-state index in [1.54, 1.807) is 49.7 Å². The first-order valence-corrected chi connectivity index (χ1v) is 6.36. The molecule has 0 unspecified atom stereocenters. The van der Waals surface area contributed by atoms with Gasteiger partial charge in [0, 0.05) is 23.3 Å². The Morgan fingerprint density at radius 3 is 2.71 bits per heavy atom. The lowest BCUT2D eigenvalue weighted by Gasteiger charge is -2.11. The van der Waals surface area contributed by atoms with Crippen LogP contribution in [-0.2, 0) is 0 Å². The van der Waals surface area contributed by atoms with Crippen molar-refractivity contribution in [1.29, 1.82) is 0 Å². The number of nitrogens with two attached hydrogens (primary N) is 1. The van der Waals surface area contributed by atoms with E-state index >= 15 is 0 Å². The van der Waals surface area contributed by atoms with Crippen molar-refractivity contribution in [2.24, 2.45) is 0 Å². The summed E-state index contributed by atoms with van der Waals surface area (Å²) in [4.78, 5) is 4.22. The molecule has 0 aliphatic heterocycles. The summed E-state index contributed by atoms with van der Waals surface area (Å²) in [7, 11) is 1.55. The summed E-state index contributed by atoms with van der Waals surface area (Å²) >= 11 is 0. The van der Waals surface area contributed by atoms with Crippen molar-refractivity contribution in [2.75, 3.05) is 12.8 Å². The number of hydrogen-bond acceptors (Lipinski definition) is 5. The highest BCUT2D eigenvalue weighted by atomic mass is 16.5. The summed E-state index contributed by atoms with van der Waals surface area (Å²) in [6.45, 7) is 0. The van der Waals surface area contributed by atoms with Gasteiger partial charge < -0.3 is 20.3 Å². The lowest BCUT2D eigenvalue weighted by Crippen LogP contribution is -1.94. The Morgan fingerprint density at radius 2 is 1.90 bits per heavy atom. The van der Waals surface area contributed by atoms with E-state index in [0.717, 1.165) is 10.8 Å². The fourth-order valence-electron chi connectivity index (χ4n) is 2.08. The Labute approximate surface area is 121 Å². The number of nitrogens with zero attached hydrogens (tertiary/aromatic N) is 1. The van der Waals surface area contributed by atoms with Gasteiger partial charge in [-0.3, -0.25) is 0 Å². The number of rotatable bonds is 3. The number of fused-ring (bicyclic) bond motifs is 1. The van der Waals surface area contributed by atoms with E-state index in [2.05, 4.69) is 4.98 Å². The molecule has 21 heavy (non-hydrogen) atoms. The lowest BCUT2D eigenvalue weighted by molar-refractivity contribution is 0.376. The number of ether oxygens (including phenoxy) is 2. The Balaban J connectivity index is 2.08. The van der Waals surface area contributed by atoms with Crippen LogP contribution in [0.15, 0.2) is 48.7 Å². The van der Waals surface area contributed by atoms with Crippen LogP contribution >= 0.6 is 0 Å². The maximum atomic E-state index is 9.63. The predicted octanol–water partition coefficient (Wildman–Crippen LogP) is 3.32. The van der Waals surface area contributed by atoms with Crippen LogP contribution in [0.5, 0.6) is 23.1 Å². The highest BCUT2D eigenvalue weighted by molar-refractivity contribution is 5.88. The van der Waals surface area contributed by atoms with E-state index in [4.69, 9.17) is 15.2 Å². The fraction of sp³-hybridized carbons (Fsp3) is 0.0625. The minimum Gasteiger partial charge on any atom is -0.508 e. The van der Waals surface area contributed by atoms with E-state index in [1.807, 2.05) is 6.07 Å². The quantitative estimate of drug-likeness (QED) is 0.720. The van der Waals surface area contributed by atoms with Crippen LogP contribution in [0.4, 0.5) is 5.69 Å². The molecule has 0 fully saturated rings. The Kier molecular flexibility index (Phi) is 3.23. The SMILES string of the molecule is COc1cc(N)ccc1Oc1nccc2ccc(O)cc12. The van der Waals surface area contributed by atoms with E-state index < -0.39 is 0 Å². The number of nitrogen functional groups attached to an aromatic ring is 1. The minimum absolute atomic E-state index is 0.157. The third-order valence-corrected chi connectivity index (χ3v) is 3.11. The van der Waals surface area contributed by atoms with Gasteiger partial charge in [0.05, 0.1) is 7.11 Å². The standard InChI is InChI=1S/C16H14N2O3/c1-20-15-8-11(17)3-5-14(15)21-16-13-9-12(19)4-2-10(13)6-7-18-16/h2-9,19H,17H2,1H3. The zero-order chi connectivity index (χ0) is 14.8. The second-order valence-electron chi connectivity index (χ2n) is 4.53. The Morgan fingerprint density at radius 1 is 1.05 bits per heavy atom. The summed E-state index contributed by atoms with van der Waals surface area (Å²) in [6, 6.07) is 12.0. The van der Waals surface area contributed by atoms with Gasteiger partial charge in [-0.25, -0.2) is 4.98 Å². The lowest BCUT2D eigenvalue weighted by atomic mass is 10.1. The van der Waals surface area contributed by atoms with Gasteiger partial charge in [-0.15, -0.1) is 0 Å². The number of methoxy groups -OCH3 is 1. The van der Waals surface area contributed by atoms with Gasteiger partial charge in [0.2, 0.25) is 5.88 Å².